The van der Waals surface area contributed by atoms with Crippen LogP contribution in [0.5, 0.6) is 28.7 Å². The van der Waals surface area contributed by atoms with Crippen LogP contribution in [0.15, 0.2) is 49.2 Å². The van der Waals surface area contributed by atoms with Gasteiger partial charge in [0.25, 0.3) is 0 Å². The van der Waals surface area contributed by atoms with Crippen LogP contribution in [0.4, 0.5) is 4.79 Å². The molecule has 1 heterocycles. The first kappa shape index (κ1) is 30.6. The van der Waals surface area contributed by atoms with E-state index in [2.05, 4.69) is 18.0 Å². The average molecular weight is 557 g/mol. The summed E-state index contributed by atoms with van der Waals surface area (Å²) < 4.78 is 34.8. The first-order valence-corrected chi connectivity index (χ1v) is 13.2. The Labute approximate surface area is 236 Å². The Hall–Kier alpha value is -3.89. The third-order valence-corrected chi connectivity index (χ3v) is 6.47. The third kappa shape index (κ3) is 7.40. The smallest absolute Gasteiger partial charge is 0.345 e. The lowest BCUT2D eigenvalue weighted by molar-refractivity contribution is -0.0313. The number of amides is 2. The number of methoxy groups -OCH3 is 4. The molecule has 40 heavy (non-hydrogen) atoms. The van der Waals surface area contributed by atoms with Crippen molar-refractivity contribution in [3.8, 4) is 28.7 Å². The molecule has 0 saturated carbocycles. The normalized spacial score (nSPS) is 16.4. The minimum atomic E-state index is -0.651. The fourth-order valence-electron chi connectivity index (χ4n) is 4.55. The highest BCUT2D eigenvalue weighted by Crippen LogP contribution is 2.47. The van der Waals surface area contributed by atoms with Crippen molar-refractivity contribution in [3.63, 3.8) is 0 Å². The monoisotopic (exact) mass is 556 g/mol. The molecule has 2 amide bonds. The van der Waals surface area contributed by atoms with Crippen LogP contribution >= 0.6 is 0 Å². The molecule has 2 aromatic rings. The number of urea groups is 1. The number of nitrogens with one attached hydrogen (secondary N) is 1. The Morgan fingerprint density at radius 1 is 1.00 bits per heavy atom. The summed E-state index contributed by atoms with van der Waals surface area (Å²) >= 11 is 0. The van der Waals surface area contributed by atoms with E-state index in [0.717, 1.165) is 36.0 Å². The van der Waals surface area contributed by atoms with E-state index < -0.39 is 6.03 Å². The lowest BCUT2D eigenvalue weighted by atomic mass is 9.99. The molecule has 1 aliphatic heterocycles. The van der Waals surface area contributed by atoms with Crippen molar-refractivity contribution in [1.82, 2.24) is 10.4 Å². The van der Waals surface area contributed by atoms with E-state index in [4.69, 9.17) is 28.4 Å². The summed E-state index contributed by atoms with van der Waals surface area (Å²) in [5.74, 6) is 2.97. The highest BCUT2D eigenvalue weighted by molar-refractivity contribution is 5.74. The standard InChI is InChI=1S/C30H40N2O8/c1-7-14-32(34)30(33)31-13-9-10-20-16-21(17-25(35-3)28(20)39-15-8-2)23-11-12-24(40-23)22-18-26(36-4)29(38-6)27(19-22)37-5/h7,9,13,16-19,23-24,34H,1,8,10-12,14-15H2,2-6H3,(H,31,33). The third-order valence-electron chi connectivity index (χ3n) is 6.47. The van der Waals surface area contributed by atoms with E-state index in [0.29, 0.717) is 46.8 Å². The molecule has 2 atom stereocenters. The molecule has 10 nitrogen and oxygen atoms in total. The Morgan fingerprint density at radius 2 is 1.57 bits per heavy atom. The van der Waals surface area contributed by atoms with Crippen LogP contribution < -0.4 is 29.0 Å². The molecule has 1 aliphatic rings. The summed E-state index contributed by atoms with van der Waals surface area (Å²) in [5.41, 5.74) is 2.80. The van der Waals surface area contributed by atoms with Crippen molar-refractivity contribution in [2.24, 2.45) is 0 Å². The number of hydroxylamine groups is 2. The van der Waals surface area contributed by atoms with Gasteiger partial charge in [0.15, 0.2) is 23.0 Å². The average Bonchev–Trinajstić information content (AvgIpc) is 3.47. The molecule has 0 radical (unpaired) electrons. The van der Waals surface area contributed by atoms with Gasteiger partial charge < -0.3 is 33.7 Å². The van der Waals surface area contributed by atoms with Crippen molar-refractivity contribution in [2.75, 3.05) is 41.6 Å². The van der Waals surface area contributed by atoms with Gasteiger partial charge >= 0.3 is 6.03 Å². The summed E-state index contributed by atoms with van der Waals surface area (Å²) in [6.45, 7) is 6.10. The zero-order chi connectivity index (χ0) is 29.1. The largest absolute Gasteiger partial charge is 0.493 e. The number of carbonyl (C=O) groups excluding carboxylic acids is 1. The van der Waals surface area contributed by atoms with E-state index in [-0.39, 0.29) is 18.8 Å². The predicted molar refractivity (Wildman–Crippen MR) is 151 cm³/mol. The Morgan fingerprint density at radius 3 is 2.10 bits per heavy atom. The summed E-state index contributed by atoms with van der Waals surface area (Å²) in [4.78, 5) is 11.9. The van der Waals surface area contributed by atoms with Crippen molar-refractivity contribution in [1.29, 1.82) is 0 Å². The maximum atomic E-state index is 11.9. The van der Waals surface area contributed by atoms with Gasteiger partial charge in [-0.1, -0.05) is 19.1 Å². The van der Waals surface area contributed by atoms with Crippen molar-refractivity contribution < 1.29 is 38.4 Å². The van der Waals surface area contributed by atoms with Gasteiger partial charge in [-0.25, -0.2) is 9.86 Å². The van der Waals surface area contributed by atoms with E-state index in [1.54, 1.807) is 34.5 Å². The number of allylic oxidation sites excluding steroid dienone is 1. The SMILES string of the molecule is C=CCN(O)C(=O)NC=CCc1cc(C2CCC(c3cc(OC)c(OC)c(OC)c3)O2)cc(OC)c1OCCC. The minimum Gasteiger partial charge on any atom is -0.493 e. The van der Waals surface area contributed by atoms with Crippen molar-refractivity contribution in [2.45, 2.75) is 44.8 Å². The highest BCUT2D eigenvalue weighted by Gasteiger charge is 2.31. The number of hydrogen-bond donors (Lipinski definition) is 2. The molecular formula is C30H40N2O8. The first-order valence-electron chi connectivity index (χ1n) is 13.2. The molecule has 0 bridgehead atoms. The quantitative estimate of drug-likeness (QED) is 0.172. The van der Waals surface area contributed by atoms with Gasteiger partial charge in [-0.05, 0) is 61.1 Å². The predicted octanol–water partition coefficient (Wildman–Crippen LogP) is 5.75. The maximum Gasteiger partial charge on any atom is 0.345 e. The second-order valence-corrected chi connectivity index (χ2v) is 9.14. The number of carbonyl (C=O) groups is 1. The molecule has 10 heteroatoms. The van der Waals surface area contributed by atoms with Crippen LogP contribution in [-0.2, 0) is 11.2 Å². The summed E-state index contributed by atoms with van der Waals surface area (Å²) in [7, 11) is 6.38. The number of ether oxygens (including phenoxy) is 6. The van der Waals surface area contributed by atoms with E-state index in [9.17, 15) is 10.0 Å². The molecule has 2 unspecified atom stereocenters. The van der Waals surface area contributed by atoms with Crippen LogP contribution in [0.2, 0.25) is 0 Å². The van der Waals surface area contributed by atoms with Crippen LogP contribution in [0.3, 0.4) is 0 Å². The van der Waals surface area contributed by atoms with Gasteiger partial charge in [-0.15, -0.1) is 6.58 Å². The lowest BCUT2D eigenvalue weighted by Crippen LogP contribution is -2.34. The van der Waals surface area contributed by atoms with E-state index in [1.807, 2.05) is 25.1 Å². The topological polar surface area (TPSA) is 108 Å². The molecule has 3 rings (SSSR count). The second kappa shape index (κ2) is 15.0. The van der Waals surface area contributed by atoms with Crippen LogP contribution in [0.1, 0.15) is 55.1 Å². The number of nitrogens with zero attached hydrogens (tertiary/aromatic N) is 1. The second-order valence-electron chi connectivity index (χ2n) is 9.14. The van der Waals surface area contributed by atoms with Crippen molar-refractivity contribution >= 4 is 6.03 Å². The van der Waals surface area contributed by atoms with Gasteiger partial charge in [0.2, 0.25) is 5.75 Å². The summed E-state index contributed by atoms with van der Waals surface area (Å²) in [6.07, 6.45) is 7.29. The van der Waals surface area contributed by atoms with Crippen LogP contribution in [0, 0.1) is 0 Å². The molecule has 1 fully saturated rings. The Balaban J connectivity index is 1.84. The molecule has 2 aromatic carbocycles. The van der Waals surface area contributed by atoms with Gasteiger partial charge in [0, 0.05) is 11.8 Å². The number of hydrogen-bond acceptors (Lipinski definition) is 8. The van der Waals surface area contributed by atoms with Gasteiger partial charge in [0.1, 0.15) is 0 Å². The number of benzene rings is 2. The Kier molecular flexibility index (Phi) is 11.5. The van der Waals surface area contributed by atoms with Crippen molar-refractivity contribution in [3.05, 3.63) is 65.9 Å². The van der Waals surface area contributed by atoms with E-state index in [1.165, 1.54) is 12.3 Å². The molecule has 218 valence electrons. The molecule has 2 N–H and O–H groups in total. The van der Waals surface area contributed by atoms with Gasteiger partial charge in [-0.3, -0.25) is 5.21 Å². The fraction of sp³-hybridized carbons (Fsp3) is 0.433. The van der Waals surface area contributed by atoms with Crippen LogP contribution in [-0.4, -0.2) is 57.9 Å². The fourth-order valence-corrected chi connectivity index (χ4v) is 4.55. The minimum absolute atomic E-state index is 0.0202. The number of rotatable bonds is 14. The molecule has 0 spiro atoms. The molecule has 0 aromatic heterocycles. The lowest BCUT2D eigenvalue weighted by Gasteiger charge is -2.20. The Bertz CT molecular complexity index is 1160. The molecule has 1 saturated heterocycles. The zero-order valence-corrected chi connectivity index (χ0v) is 23.9. The zero-order valence-electron chi connectivity index (χ0n) is 23.9. The van der Waals surface area contributed by atoms with Crippen LogP contribution in [0.25, 0.3) is 0 Å². The summed E-state index contributed by atoms with van der Waals surface area (Å²) in [6, 6.07) is 7.20. The summed E-state index contributed by atoms with van der Waals surface area (Å²) in [5, 5.41) is 12.7. The van der Waals surface area contributed by atoms with Gasteiger partial charge in [-0.2, -0.15) is 0 Å². The first-order chi connectivity index (χ1) is 19.4. The molecule has 0 aliphatic carbocycles. The maximum absolute atomic E-state index is 11.9. The molecular weight excluding hydrogens is 516 g/mol. The van der Waals surface area contributed by atoms with E-state index >= 15 is 0 Å². The highest BCUT2D eigenvalue weighted by atomic mass is 16.5. The van der Waals surface area contributed by atoms with Gasteiger partial charge in [0.05, 0.1) is 53.8 Å².